The second-order valence-electron chi connectivity index (χ2n) is 6.39. The zero-order valence-corrected chi connectivity index (χ0v) is 14.6. The molecule has 1 aromatic carbocycles. The minimum atomic E-state index is -1.12. The molecule has 27 heavy (non-hydrogen) atoms. The Morgan fingerprint density at radius 2 is 1.96 bits per heavy atom. The van der Waals surface area contributed by atoms with Gasteiger partial charge in [-0.1, -0.05) is 13.3 Å². The molecule has 2 N–H and O–H groups in total. The Hall–Kier alpha value is -3.23. The van der Waals surface area contributed by atoms with E-state index < -0.39 is 41.7 Å². The van der Waals surface area contributed by atoms with Crippen LogP contribution in [0.2, 0.25) is 0 Å². The lowest BCUT2D eigenvalue weighted by Gasteiger charge is -2.27. The van der Waals surface area contributed by atoms with Gasteiger partial charge in [0, 0.05) is 6.42 Å². The maximum Gasteiger partial charge on any atom is 0.344 e. The number of carboxylic acid groups (broad SMARTS) is 1. The van der Waals surface area contributed by atoms with Gasteiger partial charge in [0.1, 0.15) is 11.8 Å². The van der Waals surface area contributed by atoms with Gasteiger partial charge in [0.15, 0.2) is 6.10 Å². The molecule has 2 unspecified atom stereocenters. The summed E-state index contributed by atoms with van der Waals surface area (Å²) in [6.07, 6.45) is -0.0665. The molecule has 0 bridgehead atoms. The van der Waals surface area contributed by atoms with Crippen molar-refractivity contribution in [3.63, 3.8) is 0 Å². The van der Waals surface area contributed by atoms with Crippen molar-refractivity contribution in [1.82, 2.24) is 10.2 Å². The number of carboxylic acids is 1. The number of piperidine rings is 1. The minimum absolute atomic E-state index is 0.0372. The summed E-state index contributed by atoms with van der Waals surface area (Å²) in [5.74, 6) is -3.40. The molecule has 2 aliphatic rings. The minimum Gasteiger partial charge on any atom is -0.479 e. The maximum absolute atomic E-state index is 12.7. The van der Waals surface area contributed by atoms with E-state index in [4.69, 9.17) is 4.74 Å². The molecule has 0 radical (unpaired) electrons. The lowest BCUT2D eigenvalue weighted by Crippen LogP contribution is -2.54. The highest BCUT2D eigenvalue weighted by molar-refractivity contribution is 6.23. The Labute approximate surface area is 154 Å². The monoisotopic (exact) mass is 374 g/mol. The second-order valence-corrected chi connectivity index (χ2v) is 6.39. The van der Waals surface area contributed by atoms with Gasteiger partial charge in [-0.05, 0) is 31.0 Å². The molecule has 1 aromatic rings. The lowest BCUT2D eigenvalue weighted by molar-refractivity contribution is -0.145. The topological polar surface area (TPSA) is 130 Å². The van der Waals surface area contributed by atoms with Crippen LogP contribution in [0.25, 0.3) is 0 Å². The van der Waals surface area contributed by atoms with Gasteiger partial charge < -0.3 is 9.84 Å². The molecule has 4 amide bonds. The molecule has 2 heterocycles. The molecular formula is C18H18N2O7. The van der Waals surface area contributed by atoms with Crippen LogP contribution >= 0.6 is 0 Å². The third kappa shape index (κ3) is 3.40. The van der Waals surface area contributed by atoms with Crippen LogP contribution in [0.3, 0.4) is 0 Å². The van der Waals surface area contributed by atoms with Crippen LogP contribution in [-0.2, 0) is 14.4 Å². The third-order valence-electron chi connectivity index (χ3n) is 4.52. The van der Waals surface area contributed by atoms with Gasteiger partial charge in [0.05, 0.1) is 11.1 Å². The first-order valence-corrected chi connectivity index (χ1v) is 8.58. The van der Waals surface area contributed by atoms with Gasteiger partial charge >= 0.3 is 5.97 Å². The van der Waals surface area contributed by atoms with Crippen molar-refractivity contribution in [3.8, 4) is 5.75 Å². The highest BCUT2D eigenvalue weighted by Crippen LogP contribution is 2.30. The number of fused-ring (bicyclic) bond motifs is 1. The van der Waals surface area contributed by atoms with Crippen molar-refractivity contribution < 1.29 is 33.8 Å². The number of nitrogens with zero attached hydrogens (tertiary/aromatic N) is 1. The molecule has 1 saturated heterocycles. The molecular weight excluding hydrogens is 356 g/mol. The summed E-state index contributed by atoms with van der Waals surface area (Å²) in [6.45, 7) is 1.82. The van der Waals surface area contributed by atoms with E-state index >= 15 is 0 Å². The van der Waals surface area contributed by atoms with E-state index in [1.54, 1.807) is 0 Å². The number of benzene rings is 1. The Morgan fingerprint density at radius 1 is 1.26 bits per heavy atom. The lowest BCUT2D eigenvalue weighted by atomic mass is 10.0. The van der Waals surface area contributed by atoms with Crippen molar-refractivity contribution in [2.24, 2.45) is 0 Å². The number of hydrogen-bond donors (Lipinski definition) is 2. The number of hydrogen-bond acceptors (Lipinski definition) is 6. The van der Waals surface area contributed by atoms with Crippen molar-refractivity contribution in [3.05, 3.63) is 29.3 Å². The number of rotatable bonds is 6. The SMILES string of the molecule is CCCC(Oc1ccc2c(c1)C(=O)N(C1CCC(=O)NC1=O)C2=O)C(=O)O. The molecule has 0 aromatic heterocycles. The number of carbonyl (C=O) groups is 5. The summed E-state index contributed by atoms with van der Waals surface area (Å²) in [7, 11) is 0. The summed E-state index contributed by atoms with van der Waals surface area (Å²) in [4.78, 5) is 60.7. The van der Waals surface area contributed by atoms with E-state index in [2.05, 4.69) is 5.32 Å². The van der Waals surface area contributed by atoms with Crippen molar-refractivity contribution in [2.75, 3.05) is 0 Å². The Kier molecular flexibility index (Phi) is 4.93. The number of carbonyl (C=O) groups excluding carboxylic acids is 4. The van der Waals surface area contributed by atoms with Gasteiger partial charge in [-0.3, -0.25) is 29.4 Å². The number of imide groups is 2. The smallest absolute Gasteiger partial charge is 0.344 e. The van der Waals surface area contributed by atoms with Crippen molar-refractivity contribution in [1.29, 1.82) is 0 Å². The van der Waals surface area contributed by atoms with Crippen LogP contribution in [0.1, 0.15) is 53.3 Å². The van der Waals surface area contributed by atoms with Crippen LogP contribution in [0, 0.1) is 0 Å². The number of ether oxygens (including phenoxy) is 1. The highest BCUT2D eigenvalue weighted by Gasteiger charge is 2.44. The summed E-state index contributed by atoms with van der Waals surface area (Å²) in [6, 6.07) is 3.06. The first kappa shape index (κ1) is 18.6. The van der Waals surface area contributed by atoms with E-state index in [0.717, 1.165) is 4.90 Å². The highest BCUT2D eigenvalue weighted by atomic mass is 16.5. The average molecular weight is 374 g/mol. The first-order valence-electron chi connectivity index (χ1n) is 8.58. The van der Waals surface area contributed by atoms with Gasteiger partial charge in [-0.2, -0.15) is 0 Å². The normalized spacial score (nSPS) is 20.3. The Morgan fingerprint density at radius 3 is 2.59 bits per heavy atom. The van der Waals surface area contributed by atoms with Gasteiger partial charge in [-0.25, -0.2) is 4.79 Å². The predicted octanol–water partition coefficient (Wildman–Crippen LogP) is 0.720. The van der Waals surface area contributed by atoms with Gasteiger partial charge in [0.25, 0.3) is 11.8 Å². The van der Waals surface area contributed by atoms with E-state index in [0.29, 0.717) is 12.8 Å². The largest absolute Gasteiger partial charge is 0.479 e. The summed E-state index contributed by atoms with van der Waals surface area (Å²) in [5.41, 5.74) is 0.155. The quantitative estimate of drug-likeness (QED) is 0.702. The fraction of sp³-hybridized carbons (Fsp3) is 0.389. The second kappa shape index (κ2) is 7.18. The summed E-state index contributed by atoms with van der Waals surface area (Å²) < 4.78 is 5.44. The summed E-state index contributed by atoms with van der Waals surface area (Å²) in [5, 5.41) is 11.3. The maximum atomic E-state index is 12.7. The fourth-order valence-corrected chi connectivity index (χ4v) is 3.18. The van der Waals surface area contributed by atoms with E-state index in [1.165, 1.54) is 18.2 Å². The van der Waals surface area contributed by atoms with E-state index in [-0.39, 0.29) is 29.7 Å². The standard InChI is InChI=1S/C18H18N2O7/c1-2-3-13(18(25)26)27-9-4-5-10-11(8-9)17(24)20(16(10)23)12-6-7-14(21)19-15(12)22/h4-5,8,12-13H,2-3,6-7H2,1H3,(H,25,26)(H,19,21,22). The molecule has 0 aliphatic carbocycles. The van der Waals surface area contributed by atoms with Gasteiger partial charge in [0.2, 0.25) is 11.8 Å². The van der Waals surface area contributed by atoms with Crippen LogP contribution in [0.15, 0.2) is 18.2 Å². The first-order chi connectivity index (χ1) is 12.8. The van der Waals surface area contributed by atoms with Crippen LogP contribution in [0.4, 0.5) is 0 Å². The van der Waals surface area contributed by atoms with E-state index in [1.807, 2.05) is 6.92 Å². The number of amides is 4. The molecule has 2 atom stereocenters. The zero-order chi connectivity index (χ0) is 19.7. The predicted molar refractivity (Wildman–Crippen MR) is 90.1 cm³/mol. The van der Waals surface area contributed by atoms with Crippen LogP contribution < -0.4 is 10.1 Å². The van der Waals surface area contributed by atoms with Crippen LogP contribution in [-0.4, -0.2) is 51.8 Å². The fourth-order valence-electron chi connectivity index (χ4n) is 3.18. The Balaban J connectivity index is 1.85. The average Bonchev–Trinajstić information content (AvgIpc) is 2.86. The van der Waals surface area contributed by atoms with Gasteiger partial charge in [-0.15, -0.1) is 0 Å². The molecule has 0 saturated carbocycles. The zero-order valence-electron chi connectivity index (χ0n) is 14.6. The molecule has 3 rings (SSSR count). The molecule has 1 fully saturated rings. The molecule has 9 heteroatoms. The number of nitrogens with one attached hydrogen (secondary N) is 1. The molecule has 142 valence electrons. The molecule has 2 aliphatic heterocycles. The van der Waals surface area contributed by atoms with Crippen LogP contribution in [0.5, 0.6) is 5.75 Å². The Bertz CT molecular complexity index is 848. The van der Waals surface area contributed by atoms with Crippen molar-refractivity contribution in [2.45, 2.75) is 44.8 Å². The molecule has 9 nitrogen and oxygen atoms in total. The summed E-state index contributed by atoms with van der Waals surface area (Å²) >= 11 is 0. The third-order valence-corrected chi connectivity index (χ3v) is 4.52. The molecule has 0 spiro atoms. The number of aliphatic carboxylic acids is 1. The van der Waals surface area contributed by atoms with E-state index in [9.17, 15) is 29.1 Å². The van der Waals surface area contributed by atoms with Crippen molar-refractivity contribution >= 4 is 29.6 Å².